The van der Waals surface area contributed by atoms with Crippen molar-refractivity contribution in [3.05, 3.63) is 21.9 Å². The molecule has 2 nitrogen and oxygen atoms in total. The van der Waals surface area contributed by atoms with E-state index in [1.807, 2.05) is 13.8 Å². The average molecular weight is 233 g/mol. The van der Waals surface area contributed by atoms with E-state index in [1.54, 1.807) is 6.92 Å². The Morgan fingerprint density at radius 3 is 2.42 bits per heavy atom. The lowest BCUT2D eigenvalue weighted by Crippen LogP contribution is -2.02. The molecule has 1 aromatic heterocycles. The maximum absolute atomic E-state index is 13.0. The van der Waals surface area contributed by atoms with Crippen LogP contribution in [0.2, 0.25) is 0 Å². The predicted octanol–water partition coefficient (Wildman–Crippen LogP) is 2.81. The van der Waals surface area contributed by atoms with Gasteiger partial charge in [-0.25, -0.2) is 4.98 Å². The molecule has 0 fully saturated rings. The van der Waals surface area contributed by atoms with Crippen molar-refractivity contribution in [1.82, 2.24) is 9.97 Å². The van der Waals surface area contributed by atoms with Crippen LogP contribution < -0.4 is 0 Å². The third-order valence-electron chi connectivity index (χ3n) is 1.64. The van der Waals surface area contributed by atoms with E-state index in [9.17, 15) is 4.39 Å². The zero-order valence-electron chi connectivity index (χ0n) is 7.23. The van der Waals surface area contributed by atoms with Gasteiger partial charge in [0.05, 0.1) is 5.69 Å². The number of aromatic nitrogens is 2. The van der Waals surface area contributed by atoms with Gasteiger partial charge in [-0.2, -0.15) is 9.37 Å². The van der Waals surface area contributed by atoms with E-state index >= 15 is 0 Å². The molecule has 0 aliphatic carbocycles. The monoisotopic (exact) mass is 232 g/mol. The SMILES string of the molecule is Cc1c(F)nc(Br)nc1C(C)C. The smallest absolute Gasteiger partial charge is 0.220 e. The topological polar surface area (TPSA) is 25.8 Å². The first-order valence-electron chi connectivity index (χ1n) is 3.72. The molecule has 0 unspecified atom stereocenters. The molecule has 1 rings (SSSR count). The van der Waals surface area contributed by atoms with Crippen LogP contribution in [0.4, 0.5) is 4.39 Å². The highest BCUT2D eigenvalue weighted by molar-refractivity contribution is 9.10. The van der Waals surface area contributed by atoms with Crippen LogP contribution in [0.1, 0.15) is 31.0 Å². The first kappa shape index (κ1) is 9.58. The van der Waals surface area contributed by atoms with Gasteiger partial charge in [-0.3, -0.25) is 0 Å². The lowest BCUT2D eigenvalue weighted by molar-refractivity contribution is 0.556. The summed E-state index contributed by atoms with van der Waals surface area (Å²) in [6, 6.07) is 0. The minimum absolute atomic E-state index is 0.221. The number of halogens is 2. The van der Waals surface area contributed by atoms with Crippen molar-refractivity contribution < 1.29 is 4.39 Å². The summed E-state index contributed by atoms with van der Waals surface area (Å²) in [4.78, 5) is 7.65. The highest BCUT2D eigenvalue weighted by Gasteiger charge is 2.11. The highest BCUT2D eigenvalue weighted by Crippen LogP contribution is 2.19. The van der Waals surface area contributed by atoms with Crippen LogP contribution in [-0.2, 0) is 0 Å². The van der Waals surface area contributed by atoms with Crippen LogP contribution in [0.15, 0.2) is 4.73 Å². The van der Waals surface area contributed by atoms with Crippen LogP contribution in [0, 0.1) is 12.9 Å². The normalized spacial score (nSPS) is 10.8. The minimum atomic E-state index is -0.444. The summed E-state index contributed by atoms with van der Waals surface area (Å²) in [5.74, 6) is -0.223. The summed E-state index contributed by atoms with van der Waals surface area (Å²) >= 11 is 3.05. The Hall–Kier alpha value is -0.510. The van der Waals surface area contributed by atoms with E-state index in [4.69, 9.17) is 0 Å². The van der Waals surface area contributed by atoms with Crippen molar-refractivity contribution in [2.75, 3.05) is 0 Å². The fourth-order valence-electron chi connectivity index (χ4n) is 1.04. The number of nitrogens with zero attached hydrogens (tertiary/aromatic N) is 2. The summed E-state index contributed by atoms with van der Waals surface area (Å²) in [7, 11) is 0. The van der Waals surface area contributed by atoms with Gasteiger partial charge in [0.1, 0.15) is 0 Å². The van der Waals surface area contributed by atoms with Gasteiger partial charge in [-0.05, 0) is 28.8 Å². The Bertz CT molecular complexity index is 299. The van der Waals surface area contributed by atoms with Gasteiger partial charge in [0.2, 0.25) is 5.95 Å². The van der Waals surface area contributed by atoms with Gasteiger partial charge in [-0.15, -0.1) is 0 Å². The number of hydrogen-bond acceptors (Lipinski definition) is 2. The van der Waals surface area contributed by atoms with E-state index < -0.39 is 5.95 Å². The molecule has 0 bridgehead atoms. The predicted molar refractivity (Wildman–Crippen MR) is 48.5 cm³/mol. The lowest BCUT2D eigenvalue weighted by atomic mass is 10.1. The Morgan fingerprint density at radius 2 is 1.92 bits per heavy atom. The summed E-state index contributed by atoms with van der Waals surface area (Å²) in [6.07, 6.45) is 0. The quantitative estimate of drug-likeness (QED) is 0.550. The Morgan fingerprint density at radius 1 is 1.33 bits per heavy atom. The maximum Gasteiger partial charge on any atom is 0.220 e. The fraction of sp³-hybridized carbons (Fsp3) is 0.500. The standard InChI is InChI=1S/C8H10BrFN2/c1-4(2)6-5(3)7(10)12-8(9)11-6/h4H,1-3H3. The third-order valence-corrected chi connectivity index (χ3v) is 2.00. The largest absolute Gasteiger partial charge is 0.226 e. The molecule has 0 amide bonds. The van der Waals surface area contributed by atoms with Crippen molar-refractivity contribution in [2.45, 2.75) is 26.7 Å². The summed E-state index contributed by atoms with van der Waals surface area (Å²) in [5.41, 5.74) is 1.29. The highest BCUT2D eigenvalue weighted by atomic mass is 79.9. The second-order valence-electron chi connectivity index (χ2n) is 2.95. The van der Waals surface area contributed by atoms with Crippen molar-refractivity contribution >= 4 is 15.9 Å². The van der Waals surface area contributed by atoms with Crippen LogP contribution in [0.5, 0.6) is 0 Å². The Balaban J connectivity index is 3.28. The lowest BCUT2D eigenvalue weighted by Gasteiger charge is -2.08. The molecular weight excluding hydrogens is 223 g/mol. The van der Waals surface area contributed by atoms with Gasteiger partial charge in [0.15, 0.2) is 4.73 Å². The molecule has 0 radical (unpaired) electrons. The average Bonchev–Trinajstić information content (AvgIpc) is 1.96. The zero-order chi connectivity index (χ0) is 9.30. The van der Waals surface area contributed by atoms with E-state index in [1.165, 1.54) is 0 Å². The second-order valence-corrected chi connectivity index (χ2v) is 3.66. The number of rotatable bonds is 1. The van der Waals surface area contributed by atoms with E-state index in [2.05, 4.69) is 25.9 Å². The molecule has 0 aromatic carbocycles. The van der Waals surface area contributed by atoms with Crippen LogP contribution in [-0.4, -0.2) is 9.97 Å². The molecule has 0 saturated carbocycles. The first-order chi connectivity index (χ1) is 5.52. The maximum atomic E-state index is 13.0. The summed E-state index contributed by atoms with van der Waals surface area (Å²) in [6.45, 7) is 5.64. The molecule has 0 saturated heterocycles. The van der Waals surface area contributed by atoms with Crippen LogP contribution in [0.3, 0.4) is 0 Å². The van der Waals surface area contributed by atoms with Crippen molar-refractivity contribution in [3.63, 3.8) is 0 Å². The van der Waals surface area contributed by atoms with Gasteiger partial charge in [0.25, 0.3) is 0 Å². The fourth-order valence-corrected chi connectivity index (χ4v) is 1.39. The van der Waals surface area contributed by atoms with E-state index in [0.29, 0.717) is 10.3 Å². The molecule has 0 aliphatic rings. The van der Waals surface area contributed by atoms with Crippen molar-refractivity contribution in [2.24, 2.45) is 0 Å². The molecule has 0 aliphatic heterocycles. The molecule has 12 heavy (non-hydrogen) atoms. The van der Waals surface area contributed by atoms with Crippen molar-refractivity contribution in [3.8, 4) is 0 Å². The van der Waals surface area contributed by atoms with Gasteiger partial charge in [-0.1, -0.05) is 13.8 Å². The van der Waals surface area contributed by atoms with Crippen LogP contribution >= 0.6 is 15.9 Å². The molecule has 0 atom stereocenters. The van der Waals surface area contributed by atoms with Gasteiger partial charge < -0.3 is 0 Å². The second kappa shape index (κ2) is 3.47. The summed E-state index contributed by atoms with van der Waals surface area (Å²) in [5, 5.41) is 0. The molecule has 0 N–H and O–H groups in total. The third kappa shape index (κ3) is 1.80. The molecule has 1 aromatic rings. The van der Waals surface area contributed by atoms with Crippen LogP contribution in [0.25, 0.3) is 0 Å². The molecular formula is C8H10BrFN2. The molecule has 66 valence electrons. The zero-order valence-corrected chi connectivity index (χ0v) is 8.81. The van der Waals surface area contributed by atoms with Gasteiger partial charge in [0, 0.05) is 5.56 Å². The molecule has 0 spiro atoms. The minimum Gasteiger partial charge on any atom is -0.226 e. The van der Waals surface area contributed by atoms with Gasteiger partial charge >= 0.3 is 0 Å². The van der Waals surface area contributed by atoms with E-state index in [0.717, 1.165) is 5.69 Å². The van der Waals surface area contributed by atoms with E-state index in [-0.39, 0.29) is 5.92 Å². The molecule has 4 heteroatoms. The van der Waals surface area contributed by atoms with Crippen molar-refractivity contribution in [1.29, 1.82) is 0 Å². The number of hydrogen-bond donors (Lipinski definition) is 0. The molecule has 1 heterocycles. The Kier molecular flexibility index (Phi) is 2.77. The summed E-state index contributed by atoms with van der Waals surface area (Å²) < 4.78 is 13.3. The Labute approximate surface area is 79.4 Å². The first-order valence-corrected chi connectivity index (χ1v) is 4.51.